The van der Waals surface area contributed by atoms with E-state index in [1.807, 2.05) is 0 Å². The monoisotopic (exact) mass is 346 g/mol. The summed E-state index contributed by atoms with van der Waals surface area (Å²) in [6.45, 7) is 6.49. The second-order valence-corrected chi connectivity index (χ2v) is 6.75. The van der Waals surface area contributed by atoms with E-state index < -0.39 is 0 Å². The fourth-order valence-corrected chi connectivity index (χ4v) is 3.80. The van der Waals surface area contributed by atoms with E-state index in [1.165, 1.54) is 24.2 Å². The van der Waals surface area contributed by atoms with Crippen molar-refractivity contribution in [3.05, 3.63) is 5.01 Å². The number of anilines is 1. The van der Waals surface area contributed by atoms with E-state index in [0.29, 0.717) is 23.4 Å². The largest absolute Gasteiger partial charge is 0.317 e. The lowest BCUT2D eigenvalue weighted by Crippen LogP contribution is -2.28. The van der Waals surface area contributed by atoms with Crippen molar-refractivity contribution in [2.24, 2.45) is 5.92 Å². The smallest absolute Gasteiger partial charge is 0.226 e. The summed E-state index contributed by atoms with van der Waals surface area (Å²) in [6.07, 6.45) is 6.07. The summed E-state index contributed by atoms with van der Waals surface area (Å²) in [5, 5.41) is 16.2. The Balaban J connectivity index is 0.00000242. The van der Waals surface area contributed by atoms with Crippen LogP contribution in [0.4, 0.5) is 5.13 Å². The zero-order chi connectivity index (χ0) is 15.1. The number of halogens is 1. The summed E-state index contributed by atoms with van der Waals surface area (Å²) in [5.74, 6) is 1.22. The van der Waals surface area contributed by atoms with Crippen molar-refractivity contribution < 1.29 is 4.79 Å². The molecule has 2 rings (SSSR count). The molecule has 0 aliphatic carbocycles. The van der Waals surface area contributed by atoms with Crippen molar-refractivity contribution >= 4 is 34.8 Å². The number of hydrogen-bond acceptors (Lipinski definition) is 5. The molecule has 2 heterocycles. The van der Waals surface area contributed by atoms with Crippen LogP contribution in [0.3, 0.4) is 0 Å². The van der Waals surface area contributed by atoms with Gasteiger partial charge in [0.2, 0.25) is 11.0 Å². The van der Waals surface area contributed by atoms with E-state index in [1.54, 1.807) is 0 Å². The SMILES string of the molecule is CCC(CC)c1nnc(NC(=O)CCC2CCNCC2)s1.Cl. The van der Waals surface area contributed by atoms with Crippen LogP contribution in [0, 0.1) is 5.92 Å². The van der Waals surface area contributed by atoms with Gasteiger partial charge in [-0.05, 0) is 51.1 Å². The van der Waals surface area contributed by atoms with Crippen molar-refractivity contribution in [1.29, 1.82) is 0 Å². The van der Waals surface area contributed by atoms with E-state index >= 15 is 0 Å². The number of rotatable bonds is 7. The molecule has 0 unspecified atom stereocenters. The van der Waals surface area contributed by atoms with Crippen molar-refractivity contribution in [3.63, 3.8) is 0 Å². The second-order valence-electron chi connectivity index (χ2n) is 5.74. The highest BCUT2D eigenvalue weighted by Gasteiger charge is 2.17. The Morgan fingerprint density at radius 3 is 2.64 bits per heavy atom. The van der Waals surface area contributed by atoms with Gasteiger partial charge in [0.05, 0.1) is 0 Å². The van der Waals surface area contributed by atoms with Gasteiger partial charge in [-0.15, -0.1) is 22.6 Å². The molecule has 1 aromatic rings. The molecule has 1 fully saturated rings. The summed E-state index contributed by atoms with van der Waals surface area (Å²) < 4.78 is 0. The van der Waals surface area contributed by atoms with Crippen LogP contribution in [0.1, 0.15) is 63.3 Å². The maximum absolute atomic E-state index is 12.0. The minimum atomic E-state index is 0. The summed E-state index contributed by atoms with van der Waals surface area (Å²) in [5.41, 5.74) is 0. The van der Waals surface area contributed by atoms with Gasteiger partial charge in [0.25, 0.3) is 0 Å². The Hall–Kier alpha value is -0.720. The Labute approximate surface area is 143 Å². The van der Waals surface area contributed by atoms with Gasteiger partial charge in [-0.1, -0.05) is 25.2 Å². The second kappa shape index (κ2) is 10.1. The predicted molar refractivity (Wildman–Crippen MR) is 93.9 cm³/mol. The number of piperidine rings is 1. The van der Waals surface area contributed by atoms with E-state index in [9.17, 15) is 4.79 Å². The topological polar surface area (TPSA) is 66.9 Å². The highest BCUT2D eigenvalue weighted by atomic mass is 35.5. The number of carbonyl (C=O) groups excluding carboxylic acids is 1. The first-order valence-electron chi connectivity index (χ1n) is 8.06. The van der Waals surface area contributed by atoms with Gasteiger partial charge in [-0.2, -0.15) is 0 Å². The van der Waals surface area contributed by atoms with Gasteiger partial charge in [-0.3, -0.25) is 4.79 Å². The first kappa shape index (κ1) is 19.3. The number of carbonyl (C=O) groups is 1. The maximum atomic E-state index is 12.0. The molecule has 5 nitrogen and oxygen atoms in total. The molecule has 0 saturated carbocycles. The molecule has 22 heavy (non-hydrogen) atoms. The van der Waals surface area contributed by atoms with Gasteiger partial charge in [-0.25, -0.2) is 0 Å². The third-order valence-electron chi connectivity index (χ3n) is 4.26. The van der Waals surface area contributed by atoms with Crippen molar-refractivity contribution in [1.82, 2.24) is 15.5 Å². The number of nitrogens with zero attached hydrogens (tertiary/aromatic N) is 2. The molecular formula is C15H27ClN4OS. The predicted octanol–water partition coefficient (Wildman–Crippen LogP) is 3.58. The molecule has 2 N–H and O–H groups in total. The number of amides is 1. The van der Waals surface area contributed by atoms with Crippen molar-refractivity contribution in [2.75, 3.05) is 18.4 Å². The number of aromatic nitrogens is 2. The van der Waals surface area contributed by atoms with E-state index in [2.05, 4.69) is 34.7 Å². The van der Waals surface area contributed by atoms with E-state index in [-0.39, 0.29) is 18.3 Å². The summed E-state index contributed by atoms with van der Waals surface area (Å²) in [4.78, 5) is 12.0. The average Bonchev–Trinajstić information content (AvgIpc) is 2.96. The molecule has 1 aliphatic rings. The van der Waals surface area contributed by atoms with Crippen LogP contribution in [0.25, 0.3) is 0 Å². The van der Waals surface area contributed by atoms with Crippen molar-refractivity contribution in [2.45, 2.75) is 58.3 Å². The average molecular weight is 347 g/mol. The Bertz CT molecular complexity index is 445. The molecule has 7 heteroatoms. The molecule has 0 atom stereocenters. The van der Waals surface area contributed by atoms with Gasteiger partial charge >= 0.3 is 0 Å². The highest BCUT2D eigenvalue weighted by Crippen LogP contribution is 2.28. The van der Waals surface area contributed by atoms with Crippen LogP contribution in [-0.2, 0) is 4.79 Å². The molecule has 0 aromatic carbocycles. The third-order valence-corrected chi connectivity index (χ3v) is 5.26. The molecular weight excluding hydrogens is 320 g/mol. The zero-order valence-electron chi connectivity index (χ0n) is 13.4. The van der Waals surface area contributed by atoms with Crippen LogP contribution >= 0.6 is 23.7 Å². The maximum Gasteiger partial charge on any atom is 0.226 e. The summed E-state index contributed by atoms with van der Waals surface area (Å²) >= 11 is 1.52. The van der Waals surface area contributed by atoms with Crippen LogP contribution < -0.4 is 10.6 Å². The lowest BCUT2D eigenvalue weighted by Gasteiger charge is -2.21. The van der Waals surface area contributed by atoms with Crippen LogP contribution in [-0.4, -0.2) is 29.2 Å². The lowest BCUT2D eigenvalue weighted by molar-refractivity contribution is -0.116. The molecule has 1 aromatic heterocycles. The molecule has 1 saturated heterocycles. The van der Waals surface area contributed by atoms with Gasteiger partial charge in [0.15, 0.2) is 0 Å². The summed E-state index contributed by atoms with van der Waals surface area (Å²) in [7, 11) is 0. The normalized spacial score (nSPS) is 15.6. The molecule has 126 valence electrons. The molecule has 1 amide bonds. The zero-order valence-corrected chi connectivity index (χ0v) is 15.1. The minimum Gasteiger partial charge on any atom is -0.317 e. The Morgan fingerprint density at radius 1 is 1.32 bits per heavy atom. The Kier molecular flexibility index (Phi) is 8.90. The number of hydrogen-bond donors (Lipinski definition) is 2. The minimum absolute atomic E-state index is 0. The van der Waals surface area contributed by atoms with Crippen LogP contribution in [0.2, 0.25) is 0 Å². The van der Waals surface area contributed by atoms with Gasteiger partial charge in [0, 0.05) is 12.3 Å². The Morgan fingerprint density at radius 2 is 2.00 bits per heavy atom. The fraction of sp³-hybridized carbons (Fsp3) is 0.800. The van der Waals surface area contributed by atoms with Crippen LogP contribution in [0.5, 0.6) is 0 Å². The fourth-order valence-electron chi connectivity index (χ4n) is 2.78. The summed E-state index contributed by atoms with van der Waals surface area (Å²) in [6, 6.07) is 0. The van der Waals surface area contributed by atoms with E-state index in [4.69, 9.17) is 0 Å². The molecule has 0 bridgehead atoms. The molecule has 1 aliphatic heterocycles. The first-order valence-corrected chi connectivity index (χ1v) is 8.88. The van der Waals surface area contributed by atoms with Gasteiger partial charge < -0.3 is 10.6 Å². The van der Waals surface area contributed by atoms with E-state index in [0.717, 1.165) is 37.4 Å². The molecule has 0 spiro atoms. The lowest BCUT2D eigenvalue weighted by atomic mass is 9.93. The van der Waals surface area contributed by atoms with Crippen LogP contribution in [0.15, 0.2) is 0 Å². The quantitative estimate of drug-likeness (QED) is 0.791. The standard InChI is InChI=1S/C15H26N4OS.ClH/c1-3-12(4-2)14-18-19-15(21-14)17-13(20)6-5-11-7-9-16-10-8-11;/h11-12,16H,3-10H2,1-2H3,(H,17,19,20);1H. The number of nitrogens with one attached hydrogen (secondary N) is 2. The third kappa shape index (κ3) is 5.82. The van der Waals surface area contributed by atoms with Gasteiger partial charge in [0.1, 0.15) is 5.01 Å². The molecule has 0 radical (unpaired) electrons. The van der Waals surface area contributed by atoms with Crippen molar-refractivity contribution in [3.8, 4) is 0 Å². The first-order chi connectivity index (χ1) is 10.2. The highest BCUT2D eigenvalue weighted by molar-refractivity contribution is 7.15.